The smallest absolute Gasteiger partial charge is 0.157 e. The molecule has 0 aliphatic heterocycles. The first-order valence-electron chi connectivity index (χ1n) is 4.68. The summed E-state index contributed by atoms with van der Waals surface area (Å²) in [5.74, 6) is -0.590. The molecular weight excluding hydrogens is 224 g/mol. The quantitative estimate of drug-likeness (QED) is 0.450. The predicted molar refractivity (Wildman–Crippen MR) is 61.2 cm³/mol. The van der Waals surface area contributed by atoms with Crippen LogP contribution < -0.4 is 0 Å². The molecule has 0 aromatic heterocycles. The second-order valence-electron chi connectivity index (χ2n) is 3.20. The van der Waals surface area contributed by atoms with E-state index in [0.29, 0.717) is 0 Å². The summed E-state index contributed by atoms with van der Waals surface area (Å²) in [5, 5.41) is 43.4. The molecule has 17 heavy (non-hydrogen) atoms. The van der Waals surface area contributed by atoms with Gasteiger partial charge < -0.3 is 25.5 Å². The Hall–Kier alpha value is -2.56. The van der Waals surface area contributed by atoms with Crippen LogP contribution in [0.5, 0.6) is 28.7 Å². The van der Waals surface area contributed by atoms with Crippen LogP contribution >= 0.6 is 0 Å². The average Bonchev–Trinajstić information content (AvgIpc) is 2.21. The molecule has 0 aliphatic rings. The normalized spacial score (nSPS) is 9.18. The minimum Gasteiger partial charge on any atom is -0.508 e. The molecule has 5 N–H and O–H groups in total. The third-order valence-corrected chi connectivity index (χ3v) is 1.77. The second-order valence-corrected chi connectivity index (χ2v) is 3.20. The number of rotatable bonds is 0. The second kappa shape index (κ2) is 5.50. The highest BCUT2D eigenvalue weighted by atomic mass is 16.3. The number of para-hydroxylation sites is 2. The van der Waals surface area contributed by atoms with Gasteiger partial charge in [0.25, 0.3) is 0 Å². The molecule has 0 saturated carbocycles. The number of phenolic OH excluding ortho intramolecular Hbond substituents is 5. The Morgan fingerprint density at radius 2 is 0.824 bits per heavy atom. The van der Waals surface area contributed by atoms with Gasteiger partial charge in [0.05, 0.1) is 0 Å². The number of benzene rings is 2. The fraction of sp³-hybridized carbons (Fsp3) is 0. The maximum Gasteiger partial charge on any atom is 0.157 e. The minimum absolute atomic E-state index is 0.0764. The zero-order valence-corrected chi connectivity index (χ0v) is 8.78. The van der Waals surface area contributed by atoms with E-state index in [1.54, 1.807) is 12.1 Å². The van der Waals surface area contributed by atoms with E-state index in [0.717, 1.165) is 18.2 Å². The van der Waals surface area contributed by atoms with E-state index in [1.807, 2.05) is 0 Å². The standard InChI is InChI=1S/C6H6O3.C6H6O2/c7-4-1-5(8)3-6(9)2-4;7-5-3-1-2-4-6(5)8/h1-3,7-9H;1-4,7-8H. The first kappa shape index (κ1) is 12.5. The first-order chi connectivity index (χ1) is 7.99. The Morgan fingerprint density at radius 3 is 1.06 bits per heavy atom. The van der Waals surface area contributed by atoms with Gasteiger partial charge in [-0.1, -0.05) is 12.1 Å². The molecule has 5 nitrogen and oxygen atoms in total. The summed E-state index contributed by atoms with van der Waals surface area (Å²) in [6.45, 7) is 0. The lowest BCUT2D eigenvalue weighted by molar-refractivity contribution is 0.404. The molecule has 5 heteroatoms. The van der Waals surface area contributed by atoms with Gasteiger partial charge in [-0.05, 0) is 12.1 Å². The summed E-state index contributed by atoms with van der Waals surface area (Å²) < 4.78 is 0. The molecule has 0 unspecified atom stereocenters. The molecule has 0 amide bonds. The molecule has 0 atom stereocenters. The summed E-state index contributed by atoms with van der Waals surface area (Å²) in [4.78, 5) is 0. The van der Waals surface area contributed by atoms with E-state index >= 15 is 0 Å². The summed E-state index contributed by atoms with van der Waals surface area (Å²) in [5.41, 5.74) is 0. The zero-order valence-electron chi connectivity index (χ0n) is 8.78. The Balaban J connectivity index is 0.000000171. The molecule has 0 spiro atoms. The summed E-state index contributed by atoms with van der Waals surface area (Å²) >= 11 is 0. The number of aromatic hydroxyl groups is 5. The molecule has 2 aromatic rings. The lowest BCUT2D eigenvalue weighted by Crippen LogP contribution is -1.66. The topological polar surface area (TPSA) is 101 Å². The third kappa shape index (κ3) is 4.21. The van der Waals surface area contributed by atoms with Crippen LogP contribution in [0.3, 0.4) is 0 Å². The molecule has 0 heterocycles. The Bertz CT molecular complexity index is 425. The van der Waals surface area contributed by atoms with Crippen molar-refractivity contribution in [1.82, 2.24) is 0 Å². The van der Waals surface area contributed by atoms with E-state index in [4.69, 9.17) is 25.5 Å². The highest BCUT2D eigenvalue weighted by Crippen LogP contribution is 2.24. The molecule has 0 bridgehead atoms. The van der Waals surface area contributed by atoms with Crippen molar-refractivity contribution in [3.8, 4) is 28.7 Å². The lowest BCUT2D eigenvalue weighted by atomic mass is 10.3. The van der Waals surface area contributed by atoms with Crippen molar-refractivity contribution >= 4 is 0 Å². The molecule has 0 fully saturated rings. The fourth-order valence-corrected chi connectivity index (χ4v) is 1.04. The highest BCUT2D eigenvalue weighted by Gasteiger charge is 1.94. The van der Waals surface area contributed by atoms with Crippen LogP contribution in [0.4, 0.5) is 0 Å². The lowest BCUT2D eigenvalue weighted by Gasteiger charge is -1.94. The number of phenols is 5. The monoisotopic (exact) mass is 236 g/mol. The largest absolute Gasteiger partial charge is 0.508 e. The predicted octanol–water partition coefficient (Wildman–Crippen LogP) is 1.90. The van der Waals surface area contributed by atoms with Gasteiger partial charge in [-0.15, -0.1) is 0 Å². The van der Waals surface area contributed by atoms with E-state index in [1.165, 1.54) is 12.1 Å². The van der Waals surface area contributed by atoms with Crippen LogP contribution in [0.2, 0.25) is 0 Å². The third-order valence-electron chi connectivity index (χ3n) is 1.77. The summed E-state index contributed by atoms with van der Waals surface area (Å²) in [6, 6.07) is 9.56. The first-order valence-corrected chi connectivity index (χ1v) is 4.68. The van der Waals surface area contributed by atoms with Gasteiger partial charge in [-0.25, -0.2) is 0 Å². The van der Waals surface area contributed by atoms with Gasteiger partial charge in [0.1, 0.15) is 17.2 Å². The Labute approximate surface area is 97.5 Å². The van der Waals surface area contributed by atoms with Crippen molar-refractivity contribution in [2.24, 2.45) is 0 Å². The van der Waals surface area contributed by atoms with Crippen molar-refractivity contribution < 1.29 is 25.5 Å². The van der Waals surface area contributed by atoms with Crippen LogP contribution in [-0.4, -0.2) is 25.5 Å². The van der Waals surface area contributed by atoms with E-state index in [-0.39, 0.29) is 28.7 Å². The van der Waals surface area contributed by atoms with Gasteiger partial charge in [0.15, 0.2) is 11.5 Å². The van der Waals surface area contributed by atoms with E-state index in [2.05, 4.69) is 0 Å². The summed E-state index contributed by atoms with van der Waals surface area (Å²) in [6.07, 6.45) is 0. The molecule has 0 aliphatic carbocycles. The Kier molecular flexibility index (Phi) is 4.05. The van der Waals surface area contributed by atoms with Crippen molar-refractivity contribution in [3.63, 3.8) is 0 Å². The van der Waals surface area contributed by atoms with Gasteiger partial charge in [-0.2, -0.15) is 0 Å². The molecule has 2 rings (SSSR count). The SMILES string of the molecule is Oc1cc(O)cc(O)c1.Oc1ccccc1O. The van der Waals surface area contributed by atoms with E-state index in [9.17, 15) is 0 Å². The van der Waals surface area contributed by atoms with Crippen LogP contribution in [-0.2, 0) is 0 Å². The van der Waals surface area contributed by atoms with Crippen molar-refractivity contribution in [3.05, 3.63) is 42.5 Å². The maximum absolute atomic E-state index is 8.67. The van der Waals surface area contributed by atoms with Crippen LogP contribution in [0.1, 0.15) is 0 Å². The van der Waals surface area contributed by atoms with Gasteiger partial charge in [0, 0.05) is 18.2 Å². The van der Waals surface area contributed by atoms with Gasteiger partial charge in [0.2, 0.25) is 0 Å². The van der Waals surface area contributed by atoms with Crippen molar-refractivity contribution in [1.29, 1.82) is 0 Å². The van der Waals surface area contributed by atoms with Gasteiger partial charge >= 0.3 is 0 Å². The fourth-order valence-electron chi connectivity index (χ4n) is 1.04. The number of hydrogen-bond acceptors (Lipinski definition) is 5. The van der Waals surface area contributed by atoms with E-state index < -0.39 is 0 Å². The summed E-state index contributed by atoms with van der Waals surface area (Å²) in [7, 11) is 0. The molecule has 0 saturated heterocycles. The van der Waals surface area contributed by atoms with Gasteiger partial charge in [-0.3, -0.25) is 0 Å². The van der Waals surface area contributed by atoms with Crippen molar-refractivity contribution in [2.75, 3.05) is 0 Å². The maximum atomic E-state index is 8.67. The minimum atomic E-state index is -0.146. The average molecular weight is 236 g/mol. The highest BCUT2D eigenvalue weighted by molar-refractivity contribution is 5.39. The van der Waals surface area contributed by atoms with Crippen molar-refractivity contribution in [2.45, 2.75) is 0 Å². The van der Waals surface area contributed by atoms with Crippen LogP contribution in [0.15, 0.2) is 42.5 Å². The van der Waals surface area contributed by atoms with Crippen LogP contribution in [0, 0.1) is 0 Å². The van der Waals surface area contributed by atoms with Crippen LogP contribution in [0.25, 0.3) is 0 Å². The zero-order chi connectivity index (χ0) is 12.8. The molecule has 2 aromatic carbocycles. The molecule has 0 radical (unpaired) electrons. The Morgan fingerprint density at radius 1 is 0.529 bits per heavy atom. The number of hydrogen-bond donors (Lipinski definition) is 5. The molecule has 90 valence electrons. The molecular formula is C12H12O5.